The highest BCUT2D eigenvalue weighted by atomic mass is 35.5. The molecule has 1 atom stereocenters. The highest BCUT2D eigenvalue weighted by Crippen LogP contribution is 2.12. The molecule has 3 N–H and O–H groups in total. The highest BCUT2D eigenvalue weighted by Gasteiger charge is 2.03. The molecule has 1 aromatic rings. The molecule has 108 valence electrons. The summed E-state index contributed by atoms with van der Waals surface area (Å²) >= 11 is 0. The Hall–Kier alpha value is -1.26. The van der Waals surface area contributed by atoms with Crippen LogP contribution in [0.5, 0.6) is 5.75 Å². The van der Waals surface area contributed by atoms with E-state index in [9.17, 15) is 4.79 Å². The molecular weight excluding hydrogens is 264 g/mol. The minimum Gasteiger partial charge on any atom is -0.494 e. The quantitative estimate of drug-likeness (QED) is 0.805. The average Bonchev–Trinajstić information content (AvgIpc) is 2.31. The van der Waals surface area contributed by atoms with E-state index in [4.69, 9.17) is 10.5 Å². The van der Waals surface area contributed by atoms with Crippen LogP contribution in [0.3, 0.4) is 0 Å². The normalized spacial score (nSPS) is 11.3. The van der Waals surface area contributed by atoms with Gasteiger partial charge in [0.2, 0.25) is 5.91 Å². The minimum atomic E-state index is 0. The third kappa shape index (κ3) is 7.70. The van der Waals surface area contributed by atoms with Gasteiger partial charge in [-0.3, -0.25) is 4.79 Å². The molecule has 0 saturated heterocycles. The largest absolute Gasteiger partial charge is 0.494 e. The van der Waals surface area contributed by atoms with Gasteiger partial charge >= 0.3 is 0 Å². The molecule has 0 aromatic heterocycles. The summed E-state index contributed by atoms with van der Waals surface area (Å²) < 4.78 is 5.34. The first-order valence-electron chi connectivity index (χ1n) is 6.35. The Morgan fingerprint density at radius 3 is 2.53 bits per heavy atom. The van der Waals surface area contributed by atoms with Gasteiger partial charge in [0, 0.05) is 12.6 Å². The van der Waals surface area contributed by atoms with Crippen LogP contribution in [0.2, 0.25) is 0 Å². The number of amides is 1. The molecule has 0 bridgehead atoms. The van der Waals surface area contributed by atoms with Crippen molar-refractivity contribution in [1.82, 2.24) is 5.32 Å². The number of hydrogen-bond donors (Lipinski definition) is 2. The van der Waals surface area contributed by atoms with Crippen LogP contribution in [0.25, 0.3) is 0 Å². The van der Waals surface area contributed by atoms with Crippen molar-refractivity contribution in [2.75, 3.05) is 13.2 Å². The molecule has 1 aromatic carbocycles. The second-order valence-corrected chi connectivity index (χ2v) is 4.37. The van der Waals surface area contributed by atoms with E-state index in [1.165, 1.54) is 0 Å². The maximum Gasteiger partial charge on any atom is 0.224 e. The number of hydrogen-bond acceptors (Lipinski definition) is 3. The monoisotopic (exact) mass is 286 g/mol. The number of nitrogens with two attached hydrogens (primary N) is 1. The molecule has 0 saturated carbocycles. The summed E-state index contributed by atoms with van der Waals surface area (Å²) in [5, 5.41) is 2.85. The standard InChI is InChI=1S/C14H22N2O2.ClH/c1-3-18-13-6-4-12(5-7-13)10-14(17)16-9-8-11(2)15;/h4-7,11H,3,8-10,15H2,1-2H3,(H,16,17);1H. The molecule has 0 fully saturated rings. The van der Waals surface area contributed by atoms with Crippen molar-refractivity contribution >= 4 is 18.3 Å². The van der Waals surface area contributed by atoms with Crippen molar-refractivity contribution < 1.29 is 9.53 Å². The summed E-state index contributed by atoms with van der Waals surface area (Å²) in [7, 11) is 0. The van der Waals surface area contributed by atoms with Gasteiger partial charge in [0.15, 0.2) is 0 Å². The Kier molecular flexibility index (Phi) is 9.00. The first-order chi connectivity index (χ1) is 8.61. The Labute approximate surface area is 121 Å². The smallest absolute Gasteiger partial charge is 0.224 e. The van der Waals surface area contributed by atoms with Crippen LogP contribution in [0, 0.1) is 0 Å². The zero-order valence-corrected chi connectivity index (χ0v) is 12.3. The number of halogens is 1. The van der Waals surface area contributed by atoms with Gasteiger partial charge in [0.1, 0.15) is 5.75 Å². The lowest BCUT2D eigenvalue weighted by atomic mass is 10.1. The van der Waals surface area contributed by atoms with E-state index in [0.717, 1.165) is 17.7 Å². The van der Waals surface area contributed by atoms with Crippen LogP contribution < -0.4 is 15.8 Å². The van der Waals surface area contributed by atoms with E-state index in [1.54, 1.807) is 0 Å². The van der Waals surface area contributed by atoms with Crippen molar-refractivity contribution in [2.24, 2.45) is 5.73 Å². The van der Waals surface area contributed by atoms with Crippen molar-refractivity contribution in [3.8, 4) is 5.75 Å². The molecule has 0 radical (unpaired) electrons. The predicted molar refractivity (Wildman–Crippen MR) is 79.8 cm³/mol. The molecule has 1 unspecified atom stereocenters. The number of ether oxygens (including phenoxy) is 1. The zero-order chi connectivity index (χ0) is 13.4. The Morgan fingerprint density at radius 2 is 2.00 bits per heavy atom. The highest BCUT2D eigenvalue weighted by molar-refractivity contribution is 5.85. The van der Waals surface area contributed by atoms with E-state index < -0.39 is 0 Å². The van der Waals surface area contributed by atoms with Crippen molar-refractivity contribution in [2.45, 2.75) is 32.7 Å². The lowest BCUT2D eigenvalue weighted by Gasteiger charge is -2.08. The van der Waals surface area contributed by atoms with Crippen LogP contribution in [0.15, 0.2) is 24.3 Å². The van der Waals surface area contributed by atoms with Gasteiger partial charge in [0.05, 0.1) is 13.0 Å². The van der Waals surface area contributed by atoms with E-state index in [1.807, 2.05) is 38.1 Å². The Bertz CT molecular complexity index is 366. The molecule has 0 aliphatic carbocycles. The van der Waals surface area contributed by atoms with Crippen LogP contribution in [0.4, 0.5) is 0 Å². The fourth-order valence-electron chi connectivity index (χ4n) is 1.56. The lowest BCUT2D eigenvalue weighted by Crippen LogP contribution is -2.29. The van der Waals surface area contributed by atoms with Crippen LogP contribution in [-0.4, -0.2) is 25.1 Å². The van der Waals surface area contributed by atoms with E-state index in [0.29, 0.717) is 19.6 Å². The fraction of sp³-hybridized carbons (Fsp3) is 0.500. The third-order valence-electron chi connectivity index (χ3n) is 2.52. The number of benzene rings is 1. The van der Waals surface area contributed by atoms with Gasteiger partial charge < -0.3 is 15.8 Å². The molecule has 0 aliphatic heterocycles. The summed E-state index contributed by atoms with van der Waals surface area (Å²) in [5.74, 6) is 0.860. The summed E-state index contributed by atoms with van der Waals surface area (Å²) in [4.78, 5) is 11.6. The Balaban J connectivity index is 0.00000324. The molecule has 19 heavy (non-hydrogen) atoms. The molecule has 0 aliphatic rings. The number of carbonyl (C=O) groups excluding carboxylic acids is 1. The average molecular weight is 287 g/mol. The molecule has 0 heterocycles. The lowest BCUT2D eigenvalue weighted by molar-refractivity contribution is -0.120. The summed E-state index contributed by atoms with van der Waals surface area (Å²) in [6, 6.07) is 7.71. The maximum absolute atomic E-state index is 11.6. The van der Waals surface area contributed by atoms with Crippen LogP contribution in [0.1, 0.15) is 25.8 Å². The van der Waals surface area contributed by atoms with E-state index in [-0.39, 0.29) is 24.4 Å². The van der Waals surface area contributed by atoms with Crippen LogP contribution >= 0.6 is 12.4 Å². The van der Waals surface area contributed by atoms with Gasteiger partial charge in [-0.05, 0) is 38.0 Å². The first-order valence-corrected chi connectivity index (χ1v) is 6.35. The first kappa shape index (κ1) is 17.7. The molecule has 5 heteroatoms. The summed E-state index contributed by atoms with van der Waals surface area (Å²) in [6.45, 7) is 5.16. The van der Waals surface area contributed by atoms with Crippen molar-refractivity contribution in [1.29, 1.82) is 0 Å². The van der Waals surface area contributed by atoms with Gasteiger partial charge in [0.25, 0.3) is 0 Å². The summed E-state index contributed by atoms with van der Waals surface area (Å²) in [6.07, 6.45) is 1.19. The second-order valence-electron chi connectivity index (χ2n) is 4.37. The predicted octanol–water partition coefficient (Wildman–Crippen LogP) is 1.90. The van der Waals surface area contributed by atoms with Crippen molar-refractivity contribution in [3.05, 3.63) is 29.8 Å². The number of carbonyl (C=O) groups is 1. The molecule has 0 spiro atoms. The summed E-state index contributed by atoms with van der Waals surface area (Å²) in [5.41, 5.74) is 6.59. The van der Waals surface area contributed by atoms with E-state index >= 15 is 0 Å². The fourth-order valence-corrected chi connectivity index (χ4v) is 1.56. The second kappa shape index (κ2) is 9.64. The van der Waals surface area contributed by atoms with Crippen molar-refractivity contribution in [3.63, 3.8) is 0 Å². The topological polar surface area (TPSA) is 64.3 Å². The minimum absolute atomic E-state index is 0. The molecule has 4 nitrogen and oxygen atoms in total. The molecule has 1 rings (SSSR count). The zero-order valence-electron chi connectivity index (χ0n) is 11.5. The van der Waals surface area contributed by atoms with Gasteiger partial charge in [-0.1, -0.05) is 12.1 Å². The number of rotatable bonds is 7. The molecule has 1 amide bonds. The SMILES string of the molecule is CCOc1ccc(CC(=O)NCCC(C)N)cc1.Cl. The van der Waals surface area contributed by atoms with Gasteiger partial charge in [-0.15, -0.1) is 12.4 Å². The Morgan fingerprint density at radius 1 is 1.37 bits per heavy atom. The van der Waals surface area contributed by atoms with Crippen LogP contribution in [-0.2, 0) is 11.2 Å². The maximum atomic E-state index is 11.6. The van der Waals surface area contributed by atoms with E-state index in [2.05, 4.69) is 5.32 Å². The third-order valence-corrected chi connectivity index (χ3v) is 2.52. The molecular formula is C14H23ClN2O2. The van der Waals surface area contributed by atoms with Gasteiger partial charge in [-0.25, -0.2) is 0 Å². The van der Waals surface area contributed by atoms with Gasteiger partial charge in [-0.2, -0.15) is 0 Å². The number of nitrogens with one attached hydrogen (secondary N) is 1.